The molecule has 108 valence electrons. The van der Waals surface area contributed by atoms with Crippen LogP contribution in [0.2, 0.25) is 0 Å². The van der Waals surface area contributed by atoms with E-state index in [1.807, 2.05) is 0 Å². The lowest BCUT2D eigenvalue weighted by Crippen LogP contribution is -2.31. The highest BCUT2D eigenvalue weighted by atomic mass is 16.7. The summed E-state index contributed by atoms with van der Waals surface area (Å²) in [4.78, 5) is 11.1. The second-order valence-corrected chi connectivity index (χ2v) is 4.85. The standard InChI is InChI=1S/C13H20O6/c1-2-3-4-5-6-9-17-7-8(18-9)12-10(14)11(15)13(16)19-12/h8-9,12,14-15H,2-7H2,1H3/t8-,9-,12+/m0/s1. The third-order valence-corrected chi connectivity index (χ3v) is 3.34. The van der Waals surface area contributed by atoms with Crippen molar-refractivity contribution in [3.8, 4) is 0 Å². The Morgan fingerprint density at radius 1 is 1.26 bits per heavy atom. The minimum Gasteiger partial charge on any atom is -0.505 e. The number of rotatable bonds is 6. The van der Waals surface area contributed by atoms with Crippen LogP contribution in [0.3, 0.4) is 0 Å². The smallest absolute Gasteiger partial charge is 0.377 e. The molecule has 2 rings (SSSR count). The quantitative estimate of drug-likeness (QED) is 0.568. The first-order valence-electron chi connectivity index (χ1n) is 6.73. The molecule has 3 atom stereocenters. The molecule has 0 unspecified atom stereocenters. The van der Waals surface area contributed by atoms with Crippen molar-refractivity contribution in [2.45, 2.75) is 57.5 Å². The average Bonchev–Trinajstić information content (AvgIpc) is 2.96. The van der Waals surface area contributed by atoms with Crippen molar-refractivity contribution in [1.29, 1.82) is 0 Å². The Kier molecular flexibility index (Phi) is 4.66. The predicted octanol–water partition coefficient (Wildman–Crippen LogP) is 1.95. The SMILES string of the molecule is CCCCCC[C@H]1OC[C@@H]([C@H]2OC(=O)C(O)=C2O)O1. The van der Waals surface area contributed by atoms with Crippen LogP contribution in [-0.2, 0) is 19.0 Å². The van der Waals surface area contributed by atoms with Crippen LogP contribution in [0.15, 0.2) is 11.5 Å². The van der Waals surface area contributed by atoms with Crippen molar-refractivity contribution in [2.24, 2.45) is 0 Å². The Hall–Kier alpha value is -1.27. The molecule has 0 saturated carbocycles. The van der Waals surface area contributed by atoms with Gasteiger partial charge in [-0.25, -0.2) is 4.79 Å². The molecular formula is C13H20O6. The molecule has 2 heterocycles. The van der Waals surface area contributed by atoms with E-state index in [1.54, 1.807) is 0 Å². The summed E-state index contributed by atoms with van der Waals surface area (Å²) in [6.07, 6.45) is 3.47. The van der Waals surface area contributed by atoms with Gasteiger partial charge in [0, 0.05) is 0 Å². The fraction of sp³-hybridized carbons (Fsp3) is 0.769. The number of ether oxygens (including phenoxy) is 3. The number of hydrogen-bond donors (Lipinski definition) is 2. The van der Waals surface area contributed by atoms with Gasteiger partial charge in [0.1, 0.15) is 6.10 Å². The van der Waals surface area contributed by atoms with E-state index in [0.29, 0.717) is 0 Å². The number of unbranched alkanes of at least 4 members (excludes halogenated alkanes) is 3. The van der Waals surface area contributed by atoms with Gasteiger partial charge in [-0.1, -0.05) is 26.2 Å². The van der Waals surface area contributed by atoms with Gasteiger partial charge in [-0.05, 0) is 12.8 Å². The molecule has 0 spiro atoms. The Bertz CT molecular complexity index is 364. The molecular weight excluding hydrogens is 252 g/mol. The minimum atomic E-state index is -0.951. The maximum Gasteiger partial charge on any atom is 0.377 e. The molecule has 0 aromatic heterocycles. The lowest BCUT2D eigenvalue weighted by atomic mass is 10.1. The summed E-state index contributed by atoms with van der Waals surface area (Å²) in [5.74, 6) is -2.12. The molecule has 19 heavy (non-hydrogen) atoms. The summed E-state index contributed by atoms with van der Waals surface area (Å²) >= 11 is 0. The fourth-order valence-corrected chi connectivity index (χ4v) is 2.24. The second kappa shape index (κ2) is 6.25. The number of aliphatic hydroxyl groups is 2. The maximum absolute atomic E-state index is 11.1. The zero-order chi connectivity index (χ0) is 13.8. The number of hydrogen-bond acceptors (Lipinski definition) is 6. The normalized spacial score (nSPS) is 31.0. The number of cyclic esters (lactones) is 1. The van der Waals surface area contributed by atoms with E-state index in [4.69, 9.17) is 14.2 Å². The highest BCUT2D eigenvalue weighted by Gasteiger charge is 2.44. The zero-order valence-corrected chi connectivity index (χ0v) is 11.0. The van der Waals surface area contributed by atoms with Crippen LogP contribution < -0.4 is 0 Å². The zero-order valence-electron chi connectivity index (χ0n) is 11.0. The van der Waals surface area contributed by atoms with Crippen LogP contribution >= 0.6 is 0 Å². The van der Waals surface area contributed by atoms with Gasteiger partial charge in [0.25, 0.3) is 0 Å². The third kappa shape index (κ3) is 3.19. The van der Waals surface area contributed by atoms with E-state index in [9.17, 15) is 15.0 Å². The van der Waals surface area contributed by atoms with Crippen molar-refractivity contribution in [1.82, 2.24) is 0 Å². The van der Waals surface area contributed by atoms with Crippen molar-refractivity contribution in [2.75, 3.05) is 6.61 Å². The molecule has 1 fully saturated rings. The largest absolute Gasteiger partial charge is 0.505 e. The van der Waals surface area contributed by atoms with Gasteiger partial charge in [0.05, 0.1) is 6.61 Å². The first-order valence-corrected chi connectivity index (χ1v) is 6.73. The van der Waals surface area contributed by atoms with Crippen LogP contribution in [0.25, 0.3) is 0 Å². The number of aliphatic hydroxyl groups excluding tert-OH is 2. The fourth-order valence-electron chi connectivity index (χ4n) is 2.24. The maximum atomic E-state index is 11.1. The van der Waals surface area contributed by atoms with E-state index >= 15 is 0 Å². The van der Waals surface area contributed by atoms with Gasteiger partial charge in [-0.2, -0.15) is 0 Å². The lowest BCUT2D eigenvalue weighted by Gasteiger charge is -2.16. The predicted molar refractivity (Wildman–Crippen MR) is 65.5 cm³/mol. The van der Waals surface area contributed by atoms with E-state index in [-0.39, 0.29) is 12.9 Å². The topological polar surface area (TPSA) is 85.2 Å². The van der Waals surface area contributed by atoms with Crippen molar-refractivity contribution in [3.05, 3.63) is 11.5 Å². The Morgan fingerprint density at radius 3 is 2.68 bits per heavy atom. The minimum absolute atomic E-state index is 0.244. The monoisotopic (exact) mass is 272 g/mol. The summed E-state index contributed by atoms with van der Waals surface area (Å²) in [5, 5.41) is 18.8. The first-order chi connectivity index (χ1) is 9.13. The summed E-state index contributed by atoms with van der Waals surface area (Å²) in [6.45, 7) is 2.39. The first kappa shape index (κ1) is 14.1. The van der Waals surface area contributed by atoms with E-state index < -0.39 is 29.7 Å². The summed E-state index contributed by atoms with van der Waals surface area (Å²) in [7, 11) is 0. The number of esters is 1. The Morgan fingerprint density at radius 2 is 2.05 bits per heavy atom. The van der Waals surface area contributed by atoms with Crippen LogP contribution in [0, 0.1) is 0 Å². The summed E-state index contributed by atoms with van der Waals surface area (Å²) in [5.41, 5.74) is 0. The van der Waals surface area contributed by atoms with Crippen LogP contribution in [0.5, 0.6) is 0 Å². The summed E-state index contributed by atoms with van der Waals surface area (Å²) in [6, 6.07) is 0. The van der Waals surface area contributed by atoms with Gasteiger partial charge in [-0.15, -0.1) is 0 Å². The van der Waals surface area contributed by atoms with Crippen molar-refractivity contribution in [3.63, 3.8) is 0 Å². The molecule has 0 aromatic rings. The molecule has 6 heteroatoms. The van der Waals surface area contributed by atoms with E-state index in [2.05, 4.69) is 6.92 Å². The highest BCUT2D eigenvalue weighted by Crippen LogP contribution is 2.28. The van der Waals surface area contributed by atoms with Crippen LogP contribution in [0.1, 0.15) is 39.0 Å². The van der Waals surface area contributed by atoms with E-state index in [1.165, 1.54) is 12.8 Å². The Labute approximate surface area is 112 Å². The molecule has 0 aliphatic carbocycles. The highest BCUT2D eigenvalue weighted by molar-refractivity contribution is 5.89. The Balaban J connectivity index is 1.78. The molecule has 0 radical (unpaired) electrons. The van der Waals surface area contributed by atoms with Gasteiger partial charge in [0.2, 0.25) is 5.76 Å². The van der Waals surface area contributed by atoms with Crippen LogP contribution in [0.4, 0.5) is 0 Å². The molecule has 6 nitrogen and oxygen atoms in total. The molecule has 0 aromatic carbocycles. The van der Waals surface area contributed by atoms with Crippen molar-refractivity contribution < 1.29 is 29.2 Å². The number of carbonyl (C=O) groups excluding carboxylic acids is 1. The molecule has 0 bridgehead atoms. The van der Waals surface area contributed by atoms with Crippen LogP contribution in [-0.4, -0.2) is 41.3 Å². The van der Waals surface area contributed by atoms with Gasteiger partial charge >= 0.3 is 5.97 Å². The molecule has 2 N–H and O–H groups in total. The molecule has 2 aliphatic rings. The van der Waals surface area contributed by atoms with Crippen molar-refractivity contribution >= 4 is 5.97 Å². The molecule has 1 saturated heterocycles. The van der Waals surface area contributed by atoms with Gasteiger partial charge < -0.3 is 24.4 Å². The lowest BCUT2D eigenvalue weighted by molar-refractivity contribution is -0.149. The molecule has 0 amide bonds. The average molecular weight is 272 g/mol. The summed E-state index contributed by atoms with van der Waals surface area (Å²) < 4.78 is 15.9. The molecule has 2 aliphatic heterocycles. The number of carbonyl (C=O) groups is 1. The third-order valence-electron chi connectivity index (χ3n) is 3.34. The second-order valence-electron chi connectivity index (χ2n) is 4.85. The van der Waals surface area contributed by atoms with E-state index in [0.717, 1.165) is 19.3 Å². The van der Waals surface area contributed by atoms with Gasteiger partial charge in [0.15, 0.2) is 18.2 Å². The van der Waals surface area contributed by atoms with Gasteiger partial charge in [-0.3, -0.25) is 0 Å².